The molecule has 0 bridgehead atoms. The third kappa shape index (κ3) is 6.00. The Morgan fingerprint density at radius 3 is 2.29 bits per heavy atom. The molecule has 1 atom stereocenters. The first kappa shape index (κ1) is 28.0. The molecule has 1 saturated heterocycles. The maximum atomic E-state index is 14.5. The van der Waals surface area contributed by atoms with Crippen LogP contribution >= 0.6 is 9.45 Å². The molecule has 0 aliphatic carbocycles. The summed E-state index contributed by atoms with van der Waals surface area (Å²) in [4.78, 5) is 16.0. The van der Waals surface area contributed by atoms with Gasteiger partial charge in [-0.3, -0.25) is 9.78 Å². The second-order valence-corrected chi connectivity index (χ2v) is 16.4. The van der Waals surface area contributed by atoms with Gasteiger partial charge >= 0.3 is 0 Å². The Kier molecular flexibility index (Phi) is 6.65. The van der Waals surface area contributed by atoms with Crippen LogP contribution in [0.3, 0.4) is 0 Å². The molecule has 2 heterocycles. The molecule has 38 heavy (non-hydrogen) atoms. The fraction of sp³-hybridized carbons (Fsp3) is 0.280. The lowest BCUT2D eigenvalue weighted by Crippen LogP contribution is -2.45. The number of pyridine rings is 1. The second kappa shape index (κ2) is 9.02. The lowest BCUT2D eigenvalue weighted by Gasteiger charge is -2.51. The number of aromatic nitrogens is 1. The number of hydrogen-bond acceptors (Lipinski definition) is 4. The molecule has 1 aromatic heterocycles. The Hall–Kier alpha value is -3.03. The number of benzene rings is 2. The highest BCUT2D eigenvalue weighted by molar-refractivity contribution is 8.52. The summed E-state index contributed by atoms with van der Waals surface area (Å²) in [6, 6.07) is 8.97. The zero-order valence-electron chi connectivity index (χ0n) is 20.5. The van der Waals surface area contributed by atoms with Crippen molar-refractivity contribution >= 4 is 25.4 Å². The maximum absolute atomic E-state index is 14.5. The zero-order valence-corrected chi connectivity index (χ0v) is 22.1. The predicted molar refractivity (Wildman–Crippen MR) is 136 cm³/mol. The first-order valence-electron chi connectivity index (χ1n) is 11.5. The number of nitrogens with one attached hydrogen (secondary N) is 1. The predicted octanol–water partition coefficient (Wildman–Crippen LogP) is 5.64. The standard InChI is InChI=1S/C25H26F5N3O3S2/c1-38(2,28,29,30)21-11-5-17(6-12-21)23-14-18(22(27)16-31-23)15-32-25(34)24-4-3-13-33(24)37(35,36)20-9-7-19(26)8-10-20/h5-12,14,16,24H,3-4,13,15H2,1-2H3,(H,32,34)/t24-/m0/s1. The van der Waals surface area contributed by atoms with Crippen LogP contribution in [-0.4, -0.2) is 48.7 Å². The molecule has 1 aliphatic rings. The first-order chi connectivity index (χ1) is 17.5. The summed E-state index contributed by atoms with van der Waals surface area (Å²) in [5.41, 5.74) is 0.567. The highest BCUT2D eigenvalue weighted by Crippen LogP contribution is 2.94. The van der Waals surface area contributed by atoms with Gasteiger partial charge in [0.25, 0.3) is 0 Å². The molecule has 0 unspecified atom stereocenters. The van der Waals surface area contributed by atoms with Gasteiger partial charge in [-0.05, 0) is 55.3 Å². The molecular formula is C25H26F5N3O3S2. The molecule has 0 saturated carbocycles. The fourth-order valence-corrected chi connectivity index (χ4v) is 6.80. The van der Waals surface area contributed by atoms with Crippen LogP contribution in [0.15, 0.2) is 70.6 Å². The van der Waals surface area contributed by atoms with E-state index in [0.29, 0.717) is 12.0 Å². The Morgan fingerprint density at radius 2 is 1.68 bits per heavy atom. The summed E-state index contributed by atoms with van der Waals surface area (Å²) in [5.74, 6) is -1.97. The summed E-state index contributed by atoms with van der Waals surface area (Å²) in [7, 11) is -10.9. The highest BCUT2D eigenvalue weighted by Gasteiger charge is 2.53. The summed E-state index contributed by atoms with van der Waals surface area (Å²) < 4.78 is 97.6. The quantitative estimate of drug-likeness (QED) is 0.370. The van der Waals surface area contributed by atoms with Crippen molar-refractivity contribution in [3.05, 3.63) is 78.0 Å². The van der Waals surface area contributed by atoms with Gasteiger partial charge in [-0.25, -0.2) is 17.2 Å². The number of carbonyl (C=O) groups is 1. The highest BCUT2D eigenvalue weighted by atomic mass is 32.4. The SMILES string of the molecule is CS(C)(F)(F)(F)c1ccc(-c2cc(CNC(=O)[C@@H]3CCCN3S(=O)(=O)c3ccc(F)cc3)c(F)cn2)cc1. The van der Waals surface area contributed by atoms with Gasteiger partial charge in [0.15, 0.2) is 0 Å². The van der Waals surface area contributed by atoms with E-state index in [0.717, 1.165) is 46.9 Å². The van der Waals surface area contributed by atoms with Gasteiger partial charge in [0.1, 0.15) is 17.7 Å². The van der Waals surface area contributed by atoms with E-state index in [1.54, 1.807) is 0 Å². The third-order valence-corrected chi connectivity index (χ3v) is 9.87. The van der Waals surface area contributed by atoms with Crippen molar-refractivity contribution in [1.82, 2.24) is 14.6 Å². The minimum Gasteiger partial charge on any atom is -0.351 e. The van der Waals surface area contributed by atoms with Crippen molar-refractivity contribution in [3.63, 3.8) is 0 Å². The zero-order chi connectivity index (χ0) is 28.0. The molecule has 0 spiro atoms. The van der Waals surface area contributed by atoms with Crippen LogP contribution in [0.4, 0.5) is 20.4 Å². The summed E-state index contributed by atoms with van der Waals surface area (Å²) in [6.07, 6.45) is 2.15. The molecule has 1 fully saturated rings. The van der Waals surface area contributed by atoms with E-state index in [9.17, 15) is 33.7 Å². The Balaban J connectivity index is 1.50. The van der Waals surface area contributed by atoms with E-state index in [2.05, 4.69) is 10.3 Å². The number of carbonyl (C=O) groups excluding carboxylic acids is 1. The van der Waals surface area contributed by atoms with Crippen LogP contribution < -0.4 is 5.32 Å². The van der Waals surface area contributed by atoms with E-state index >= 15 is 0 Å². The average Bonchev–Trinajstić information content (AvgIpc) is 3.33. The maximum Gasteiger partial charge on any atom is 0.243 e. The molecule has 2 aromatic carbocycles. The molecule has 13 heteroatoms. The number of halogens is 5. The molecular weight excluding hydrogens is 549 g/mol. The van der Waals surface area contributed by atoms with Crippen molar-refractivity contribution in [2.45, 2.75) is 35.2 Å². The molecule has 4 rings (SSSR count). The first-order valence-corrected chi connectivity index (χ1v) is 15.9. The van der Waals surface area contributed by atoms with Crippen molar-refractivity contribution in [3.8, 4) is 11.3 Å². The van der Waals surface area contributed by atoms with Crippen LogP contribution in [0.5, 0.6) is 0 Å². The Morgan fingerprint density at radius 1 is 1.05 bits per heavy atom. The van der Waals surface area contributed by atoms with Crippen LogP contribution in [0, 0.1) is 11.6 Å². The molecule has 6 nitrogen and oxygen atoms in total. The fourth-order valence-electron chi connectivity index (χ4n) is 4.16. The van der Waals surface area contributed by atoms with Crippen molar-refractivity contribution in [2.75, 3.05) is 19.1 Å². The topological polar surface area (TPSA) is 79.4 Å². The van der Waals surface area contributed by atoms with Gasteiger partial charge in [0, 0.05) is 41.6 Å². The smallest absolute Gasteiger partial charge is 0.243 e. The molecule has 1 N–H and O–H groups in total. The lowest BCUT2D eigenvalue weighted by molar-refractivity contribution is -0.124. The number of amides is 1. The Bertz CT molecular complexity index is 1480. The molecule has 1 aliphatic heterocycles. The van der Waals surface area contributed by atoms with Gasteiger partial charge in [0.2, 0.25) is 15.9 Å². The van der Waals surface area contributed by atoms with Crippen molar-refractivity contribution in [1.29, 1.82) is 0 Å². The number of nitrogens with zero attached hydrogens (tertiary/aromatic N) is 2. The minimum atomic E-state index is -6.86. The van der Waals surface area contributed by atoms with Gasteiger partial charge < -0.3 is 5.32 Å². The van der Waals surface area contributed by atoms with Gasteiger partial charge in [-0.2, -0.15) is 4.31 Å². The third-order valence-electron chi connectivity index (χ3n) is 6.20. The van der Waals surface area contributed by atoms with E-state index in [1.165, 1.54) is 18.2 Å². The summed E-state index contributed by atoms with van der Waals surface area (Å²) in [5, 5.41) is 2.55. The normalized spacial score (nSPS) is 18.6. The molecule has 0 radical (unpaired) electrons. The van der Waals surface area contributed by atoms with E-state index in [-0.39, 0.29) is 48.2 Å². The second-order valence-electron chi connectivity index (χ2n) is 9.78. The number of sulfonamides is 1. The monoisotopic (exact) mass is 575 g/mol. The summed E-state index contributed by atoms with van der Waals surface area (Å²) >= 11 is 0. The minimum absolute atomic E-state index is 0.0288. The van der Waals surface area contributed by atoms with Gasteiger partial charge in [-0.15, -0.1) is 11.7 Å². The van der Waals surface area contributed by atoms with Crippen molar-refractivity contribution in [2.24, 2.45) is 0 Å². The van der Waals surface area contributed by atoms with Crippen molar-refractivity contribution < 1.29 is 33.7 Å². The van der Waals surface area contributed by atoms with Crippen LogP contribution in [0.2, 0.25) is 0 Å². The Labute approximate surface area is 217 Å². The van der Waals surface area contributed by atoms with Crippen LogP contribution in [0.25, 0.3) is 11.3 Å². The average molecular weight is 576 g/mol. The molecule has 1 amide bonds. The molecule has 3 aromatic rings. The van der Waals surface area contributed by atoms with E-state index < -0.39 is 48.0 Å². The van der Waals surface area contributed by atoms with Gasteiger partial charge in [-0.1, -0.05) is 12.1 Å². The number of rotatable bonds is 7. The lowest BCUT2D eigenvalue weighted by atomic mass is 10.1. The largest absolute Gasteiger partial charge is 0.351 e. The summed E-state index contributed by atoms with van der Waals surface area (Å²) in [6.45, 7) is -0.197. The van der Waals surface area contributed by atoms with Crippen LogP contribution in [-0.2, 0) is 21.4 Å². The van der Waals surface area contributed by atoms with E-state index in [4.69, 9.17) is 0 Å². The van der Waals surface area contributed by atoms with Crippen LogP contribution in [0.1, 0.15) is 18.4 Å². The molecule has 206 valence electrons. The van der Waals surface area contributed by atoms with E-state index in [1.807, 2.05) is 0 Å². The number of hydrogen-bond donors (Lipinski definition) is 1. The van der Waals surface area contributed by atoms with Gasteiger partial charge in [0.05, 0.1) is 26.2 Å².